The molecule has 2 atom stereocenters. The van der Waals surface area contributed by atoms with Crippen LogP contribution in [0.25, 0.3) is 0 Å². The van der Waals surface area contributed by atoms with Crippen molar-refractivity contribution in [2.45, 2.75) is 84.1 Å². The Hall–Kier alpha value is -0.0400. The van der Waals surface area contributed by atoms with E-state index in [4.69, 9.17) is 0 Å². The molecule has 1 N–H and O–H groups in total. The summed E-state index contributed by atoms with van der Waals surface area (Å²) in [5.41, 5.74) is 0. The minimum atomic E-state index is 0.734. The van der Waals surface area contributed by atoms with Gasteiger partial charge in [0.2, 0.25) is 0 Å². The third-order valence-corrected chi connectivity index (χ3v) is 3.95. The van der Waals surface area contributed by atoms with E-state index in [9.17, 15) is 0 Å². The summed E-state index contributed by atoms with van der Waals surface area (Å²) in [5, 5.41) is 3.66. The molecule has 96 valence electrons. The molecule has 1 aliphatic heterocycles. The summed E-state index contributed by atoms with van der Waals surface area (Å²) in [6.45, 7) is 6.00. The van der Waals surface area contributed by atoms with Gasteiger partial charge in [-0.3, -0.25) is 0 Å². The van der Waals surface area contributed by atoms with Crippen molar-refractivity contribution in [2.75, 3.05) is 6.54 Å². The Morgan fingerprint density at radius 1 is 0.688 bits per heavy atom. The van der Waals surface area contributed by atoms with Crippen molar-refractivity contribution in [3.63, 3.8) is 0 Å². The van der Waals surface area contributed by atoms with E-state index in [1.165, 1.54) is 70.8 Å². The van der Waals surface area contributed by atoms with E-state index < -0.39 is 0 Å². The monoisotopic (exact) mass is 225 g/mol. The summed E-state index contributed by atoms with van der Waals surface area (Å²) in [7, 11) is 0. The molecule has 1 heteroatoms. The predicted molar refractivity (Wildman–Crippen MR) is 72.8 cm³/mol. The second-order valence-electron chi connectivity index (χ2n) is 5.80. The van der Waals surface area contributed by atoms with Gasteiger partial charge in [0.1, 0.15) is 0 Å². The number of hydrogen-bond donors (Lipinski definition) is 1. The minimum Gasteiger partial charge on any atom is -0.314 e. The number of nitrogens with one attached hydrogen (secondary N) is 1. The van der Waals surface area contributed by atoms with Gasteiger partial charge in [-0.15, -0.1) is 0 Å². The zero-order valence-corrected chi connectivity index (χ0v) is 11.4. The second-order valence-corrected chi connectivity index (χ2v) is 5.80. The van der Waals surface area contributed by atoms with Crippen LogP contribution in [-0.2, 0) is 0 Å². The van der Waals surface area contributed by atoms with Gasteiger partial charge in [0, 0.05) is 6.04 Å². The van der Waals surface area contributed by atoms with E-state index in [0.29, 0.717) is 0 Å². The minimum absolute atomic E-state index is 0.734. The standard InChI is InChI=1S/C15H31N/c1-14-10-7-5-3-4-6-8-12-15(2)16-13-9-11-14/h14-16H,3-13H2,1-2H3. The molecule has 1 fully saturated rings. The lowest BCUT2D eigenvalue weighted by Gasteiger charge is -2.16. The predicted octanol–water partition coefficient (Wildman–Crippen LogP) is 4.52. The Labute approximate surface area is 102 Å². The molecule has 16 heavy (non-hydrogen) atoms. The summed E-state index contributed by atoms with van der Waals surface area (Å²) in [5.74, 6) is 0.944. The van der Waals surface area contributed by atoms with E-state index in [1.54, 1.807) is 0 Å². The first-order valence-electron chi connectivity index (χ1n) is 7.52. The Balaban J connectivity index is 2.19. The highest BCUT2D eigenvalue weighted by Crippen LogP contribution is 2.17. The normalized spacial score (nSPS) is 31.9. The number of hydrogen-bond acceptors (Lipinski definition) is 1. The fourth-order valence-corrected chi connectivity index (χ4v) is 2.70. The lowest BCUT2D eigenvalue weighted by molar-refractivity contribution is 0.408. The fourth-order valence-electron chi connectivity index (χ4n) is 2.70. The van der Waals surface area contributed by atoms with Gasteiger partial charge in [-0.2, -0.15) is 0 Å². The van der Waals surface area contributed by atoms with Gasteiger partial charge in [-0.1, -0.05) is 51.9 Å². The highest BCUT2D eigenvalue weighted by atomic mass is 14.9. The van der Waals surface area contributed by atoms with Gasteiger partial charge in [0.15, 0.2) is 0 Å². The summed E-state index contributed by atoms with van der Waals surface area (Å²) in [4.78, 5) is 0. The van der Waals surface area contributed by atoms with Crippen LogP contribution >= 0.6 is 0 Å². The SMILES string of the molecule is CC1CCCCCCCCC(C)NCCC1. The molecule has 0 aromatic carbocycles. The summed E-state index contributed by atoms with van der Waals surface area (Å²) >= 11 is 0. The zero-order chi connectivity index (χ0) is 11.6. The van der Waals surface area contributed by atoms with Crippen LogP contribution in [0.15, 0.2) is 0 Å². The summed E-state index contributed by atoms with van der Waals surface area (Å²) in [6, 6.07) is 0.734. The van der Waals surface area contributed by atoms with Crippen molar-refractivity contribution in [1.82, 2.24) is 5.32 Å². The Morgan fingerprint density at radius 2 is 1.25 bits per heavy atom. The van der Waals surface area contributed by atoms with Crippen LogP contribution < -0.4 is 5.32 Å². The molecular weight excluding hydrogens is 194 g/mol. The maximum Gasteiger partial charge on any atom is 0.00387 e. The molecule has 0 aliphatic carbocycles. The second kappa shape index (κ2) is 9.04. The molecule has 0 bridgehead atoms. The zero-order valence-electron chi connectivity index (χ0n) is 11.4. The molecule has 0 aromatic heterocycles. The van der Waals surface area contributed by atoms with Crippen LogP contribution in [0.3, 0.4) is 0 Å². The van der Waals surface area contributed by atoms with Crippen molar-refractivity contribution >= 4 is 0 Å². The molecule has 0 amide bonds. The molecule has 0 saturated carbocycles. The lowest BCUT2D eigenvalue weighted by Crippen LogP contribution is -2.27. The third kappa shape index (κ3) is 7.27. The third-order valence-electron chi connectivity index (χ3n) is 3.95. The van der Waals surface area contributed by atoms with Crippen molar-refractivity contribution in [3.05, 3.63) is 0 Å². The van der Waals surface area contributed by atoms with Gasteiger partial charge >= 0.3 is 0 Å². The molecule has 1 saturated heterocycles. The fraction of sp³-hybridized carbons (Fsp3) is 1.00. The highest BCUT2D eigenvalue weighted by Gasteiger charge is 2.05. The Kier molecular flexibility index (Phi) is 7.92. The first-order valence-corrected chi connectivity index (χ1v) is 7.52. The topological polar surface area (TPSA) is 12.0 Å². The molecular formula is C15H31N. The Morgan fingerprint density at radius 3 is 2.00 bits per heavy atom. The molecule has 1 heterocycles. The lowest BCUT2D eigenvalue weighted by atomic mass is 9.96. The van der Waals surface area contributed by atoms with Crippen LogP contribution in [0.1, 0.15) is 78.1 Å². The maximum absolute atomic E-state index is 3.66. The average molecular weight is 225 g/mol. The molecule has 1 aliphatic rings. The quantitative estimate of drug-likeness (QED) is 0.639. The Bertz CT molecular complexity index is 138. The largest absolute Gasteiger partial charge is 0.314 e. The van der Waals surface area contributed by atoms with Gasteiger partial charge < -0.3 is 5.32 Å². The first kappa shape index (κ1) is 14.0. The van der Waals surface area contributed by atoms with Crippen LogP contribution in [0, 0.1) is 5.92 Å². The van der Waals surface area contributed by atoms with Crippen molar-refractivity contribution < 1.29 is 0 Å². The molecule has 0 spiro atoms. The van der Waals surface area contributed by atoms with E-state index in [0.717, 1.165) is 12.0 Å². The van der Waals surface area contributed by atoms with Crippen LogP contribution in [0.4, 0.5) is 0 Å². The van der Waals surface area contributed by atoms with E-state index in [1.807, 2.05) is 0 Å². The van der Waals surface area contributed by atoms with Crippen LogP contribution in [0.5, 0.6) is 0 Å². The van der Waals surface area contributed by atoms with Crippen LogP contribution in [0.2, 0.25) is 0 Å². The maximum atomic E-state index is 3.66. The highest BCUT2D eigenvalue weighted by molar-refractivity contribution is 4.63. The van der Waals surface area contributed by atoms with E-state index >= 15 is 0 Å². The van der Waals surface area contributed by atoms with E-state index in [-0.39, 0.29) is 0 Å². The smallest absolute Gasteiger partial charge is 0.00387 e. The average Bonchev–Trinajstić information content (AvgIpc) is 2.27. The van der Waals surface area contributed by atoms with Gasteiger partial charge in [0.25, 0.3) is 0 Å². The number of rotatable bonds is 0. The summed E-state index contributed by atoms with van der Waals surface area (Å²) in [6.07, 6.45) is 14.3. The molecule has 2 unspecified atom stereocenters. The van der Waals surface area contributed by atoms with Gasteiger partial charge in [0.05, 0.1) is 0 Å². The first-order chi connectivity index (χ1) is 7.79. The molecule has 1 rings (SSSR count). The van der Waals surface area contributed by atoms with Crippen molar-refractivity contribution in [1.29, 1.82) is 0 Å². The molecule has 0 aromatic rings. The molecule has 1 nitrogen and oxygen atoms in total. The van der Waals surface area contributed by atoms with Crippen molar-refractivity contribution in [2.24, 2.45) is 5.92 Å². The van der Waals surface area contributed by atoms with Crippen molar-refractivity contribution in [3.8, 4) is 0 Å². The van der Waals surface area contributed by atoms with Gasteiger partial charge in [-0.25, -0.2) is 0 Å². The summed E-state index contributed by atoms with van der Waals surface area (Å²) < 4.78 is 0. The van der Waals surface area contributed by atoms with Gasteiger partial charge in [-0.05, 0) is 38.6 Å². The van der Waals surface area contributed by atoms with E-state index in [2.05, 4.69) is 19.2 Å². The van der Waals surface area contributed by atoms with Crippen LogP contribution in [-0.4, -0.2) is 12.6 Å². The molecule has 0 radical (unpaired) electrons.